The summed E-state index contributed by atoms with van der Waals surface area (Å²) >= 11 is 6.49. The first-order valence-corrected chi connectivity index (χ1v) is 13.8. The van der Waals surface area contributed by atoms with Crippen LogP contribution in [0.4, 0.5) is 17.2 Å². The van der Waals surface area contributed by atoms with Gasteiger partial charge < -0.3 is 24.8 Å². The molecule has 2 aromatic carbocycles. The van der Waals surface area contributed by atoms with Gasteiger partial charge in [-0.2, -0.15) is 0 Å². The summed E-state index contributed by atoms with van der Waals surface area (Å²) in [6, 6.07) is 16.6. The third-order valence-electron chi connectivity index (χ3n) is 6.87. The second-order valence-corrected chi connectivity index (χ2v) is 10.2. The fourth-order valence-electron chi connectivity index (χ4n) is 4.88. The molecule has 2 N–H and O–H groups in total. The van der Waals surface area contributed by atoms with E-state index in [1.807, 2.05) is 48.5 Å². The molecule has 6 rings (SSSR count). The van der Waals surface area contributed by atoms with Crippen LogP contribution in [0.5, 0.6) is 5.75 Å². The van der Waals surface area contributed by atoms with Crippen LogP contribution >= 0.6 is 11.6 Å². The number of rotatable bonds is 9. The molecule has 0 saturated carbocycles. The molecule has 4 heterocycles. The molecule has 210 valence electrons. The topological polar surface area (TPSA) is 111 Å². The Balaban J connectivity index is 1.08. The van der Waals surface area contributed by atoms with Gasteiger partial charge >= 0.3 is 0 Å². The minimum absolute atomic E-state index is 0.119. The number of halogens is 1. The van der Waals surface area contributed by atoms with Crippen molar-refractivity contribution in [3.63, 3.8) is 0 Å². The molecule has 2 aromatic heterocycles. The fourth-order valence-corrected chi connectivity index (χ4v) is 5.12. The zero-order chi connectivity index (χ0) is 28.0. The van der Waals surface area contributed by atoms with Crippen LogP contribution in [0.15, 0.2) is 79.3 Å². The molecule has 2 atom stereocenters. The van der Waals surface area contributed by atoms with Crippen molar-refractivity contribution < 1.29 is 19.0 Å². The summed E-state index contributed by atoms with van der Waals surface area (Å²) in [7, 11) is 0. The molecule has 2 aliphatic rings. The lowest BCUT2D eigenvalue weighted by atomic mass is 10.2. The molecular formula is C30H29ClN6O4. The summed E-state index contributed by atoms with van der Waals surface area (Å²) < 4.78 is 17.3. The zero-order valence-corrected chi connectivity index (χ0v) is 23.0. The first-order chi connectivity index (χ1) is 20.1. The maximum Gasteiger partial charge on any atom is 0.248 e. The number of hydrogen-bond donors (Lipinski definition) is 2. The van der Waals surface area contributed by atoms with E-state index in [1.165, 1.54) is 6.33 Å². The average Bonchev–Trinajstić information content (AvgIpc) is 3.40. The lowest BCUT2D eigenvalue weighted by molar-refractivity contribution is -0.116. The minimum atomic E-state index is -0.215. The van der Waals surface area contributed by atoms with E-state index in [1.54, 1.807) is 24.4 Å². The van der Waals surface area contributed by atoms with Crippen molar-refractivity contribution in [2.45, 2.75) is 18.8 Å². The van der Waals surface area contributed by atoms with Crippen molar-refractivity contribution in [2.75, 3.05) is 43.5 Å². The molecule has 2 unspecified atom stereocenters. The summed E-state index contributed by atoms with van der Waals surface area (Å²) in [5.74, 6) is 0.922. The third-order valence-corrected chi connectivity index (χ3v) is 7.17. The molecular weight excluding hydrogens is 544 g/mol. The van der Waals surface area contributed by atoms with E-state index in [4.69, 9.17) is 25.8 Å². The largest absolute Gasteiger partial charge is 0.486 e. The van der Waals surface area contributed by atoms with Crippen molar-refractivity contribution in [1.29, 1.82) is 0 Å². The van der Waals surface area contributed by atoms with E-state index in [9.17, 15) is 4.79 Å². The molecule has 10 nitrogen and oxygen atoms in total. The van der Waals surface area contributed by atoms with Crippen LogP contribution < -0.4 is 15.4 Å². The number of aromatic nitrogens is 3. The summed E-state index contributed by atoms with van der Waals surface area (Å²) in [5.41, 5.74) is 2.91. The van der Waals surface area contributed by atoms with Crippen LogP contribution in [0.3, 0.4) is 0 Å². The molecule has 0 radical (unpaired) electrons. The first-order valence-electron chi connectivity index (χ1n) is 13.4. The lowest BCUT2D eigenvalue weighted by Crippen LogP contribution is -2.36. The number of likely N-dealkylation sites (tertiary alicyclic amines) is 1. The van der Waals surface area contributed by atoms with Gasteiger partial charge in [0.25, 0.3) is 0 Å². The molecule has 0 bridgehead atoms. The Morgan fingerprint density at radius 2 is 1.85 bits per heavy atom. The SMILES string of the molecule is O=C(C=CCN1CC2OCCOC2C1)Nc1ccc2ncnc(Nc3ccc(OCc4ccccn4)c(Cl)c3)c2c1. The van der Waals surface area contributed by atoms with Gasteiger partial charge in [-0.15, -0.1) is 0 Å². The van der Waals surface area contributed by atoms with E-state index in [-0.39, 0.29) is 18.1 Å². The van der Waals surface area contributed by atoms with Gasteiger partial charge in [-0.3, -0.25) is 14.7 Å². The standard InChI is InChI=1S/C30H29ClN6O4/c31-24-15-21(7-9-26(24)41-18-22-4-1-2-10-32-22)36-30-23-14-20(6-8-25(23)33-19-34-30)35-29(38)5-3-11-37-16-27-28(17-37)40-13-12-39-27/h1-10,14-15,19,27-28H,11-13,16-18H2,(H,35,38)(H,33,34,36). The van der Waals surface area contributed by atoms with Crippen molar-refractivity contribution in [3.05, 3.63) is 90.0 Å². The summed E-state index contributed by atoms with van der Waals surface area (Å²) in [5, 5.41) is 7.43. The number of fused-ring (bicyclic) bond motifs is 2. The summed E-state index contributed by atoms with van der Waals surface area (Å²) in [4.78, 5) is 27.9. The summed E-state index contributed by atoms with van der Waals surface area (Å²) in [6.45, 7) is 3.87. The Morgan fingerprint density at radius 1 is 1.02 bits per heavy atom. The Kier molecular flexibility index (Phi) is 8.33. The molecule has 41 heavy (non-hydrogen) atoms. The average molecular weight is 573 g/mol. The molecule has 1 amide bonds. The Morgan fingerprint density at radius 3 is 2.63 bits per heavy atom. The molecule has 0 spiro atoms. The number of carbonyl (C=O) groups is 1. The van der Waals surface area contributed by atoms with E-state index < -0.39 is 0 Å². The van der Waals surface area contributed by atoms with Crippen molar-refractivity contribution >= 4 is 45.6 Å². The molecule has 2 aliphatic heterocycles. The summed E-state index contributed by atoms with van der Waals surface area (Å²) in [6.07, 6.45) is 6.85. The molecule has 11 heteroatoms. The molecule has 2 fully saturated rings. The van der Waals surface area contributed by atoms with Gasteiger partial charge in [-0.05, 0) is 48.5 Å². The van der Waals surface area contributed by atoms with Gasteiger partial charge in [0.15, 0.2) is 0 Å². The molecule has 2 saturated heterocycles. The molecule has 0 aliphatic carbocycles. The number of nitrogens with zero attached hydrogens (tertiary/aromatic N) is 4. The van der Waals surface area contributed by atoms with E-state index in [2.05, 4.69) is 30.5 Å². The lowest BCUT2D eigenvalue weighted by Gasteiger charge is -2.24. The zero-order valence-electron chi connectivity index (χ0n) is 22.2. The molecule has 4 aromatic rings. The van der Waals surface area contributed by atoms with Crippen LogP contribution in [-0.4, -0.2) is 70.8 Å². The second kappa shape index (κ2) is 12.6. The highest BCUT2D eigenvalue weighted by atomic mass is 35.5. The van der Waals surface area contributed by atoms with Crippen LogP contribution in [0.1, 0.15) is 5.69 Å². The smallest absolute Gasteiger partial charge is 0.248 e. The Bertz CT molecular complexity index is 1540. The highest BCUT2D eigenvalue weighted by molar-refractivity contribution is 6.32. The highest BCUT2D eigenvalue weighted by Crippen LogP contribution is 2.31. The number of hydrogen-bond acceptors (Lipinski definition) is 9. The van der Waals surface area contributed by atoms with Crippen molar-refractivity contribution in [2.24, 2.45) is 0 Å². The number of benzene rings is 2. The van der Waals surface area contributed by atoms with Crippen molar-refractivity contribution in [1.82, 2.24) is 19.9 Å². The Labute approximate surface area is 242 Å². The van der Waals surface area contributed by atoms with E-state index in [0.717, 1.165) is 35.4 Å². The Hall–Kier alpha value is -4.09. The number of nitrogens with one attached hydrogen (secondary N) is 2. The predicted octanol–water partition coefficient (Wildman–Crippen LogP) is 4.60. The van der Waals surface area contributed by atoms with Crippen LogP contribution in [0, 0.1) is 0 Å². The van der Waals surface area contributed by atoms with Crippen LogP contribution in [-0.2, 0) is 20.9 Å². The minimum Gasteiger partial charge on any atom is -0.486 e. The normalized spacial score (nSPS) is 18.9. The third kappa shape index (κ3) is 6.80. The van der Waals surface area contributed by atoms with Crippen LogP contribution in [0.25, 0.3) is 10.9 Å². The van der Waals surface area contributed by atoms with Gasteiger partial charge in [-0.25, -0.2) is 9.97 Å². The van der Waals surface area contributed by atoms with E-state index in [0.29, 0.717) is 48.6 Å². The monoisotopic (exact) mass is 572 g/mol. The quantitative estimate of drug-likeness (QED) is 0.278. The predicted molar refractivity (Wildman–Crippen MR) is 157 cm³/mol. The number of amides is 1. The van der Waals surface area contributed by atoms with Crippen molar-refractivity contribution in [3.8, 4) is 5.75 Å². The van der Waals surface area contributed by atoms with Crippen LogP contribution in [0.2, 0.25) is 5.02 Å². The van der Waals surface area contributed by atoms with Gasteiger partial charge in [0.1, 0.15) is 24.5 Å². The maximum atomic E-state index is 12.6. The number of pyridine rings is 1. The van der Waals surface area contributed by atoms with Gasteiger partial charge in [0, 0.05) is 48.7 Å². The van der Waals surface area contributed by atoms with Gasteiger partial charge in [0.2, 0.25) is 5.91 Å². The number of anilines is 3. The van der Waals surface area contributed by atoms with Gasteiger partial charge in [0.05, 0.1) is 41.7 Å². The number of ether oxygens (including phenoxy) is 3. The van der Waals surface area contributed by atoms with E-state index >= 15 is 0 Å². The second-order valence-electron chi connectivity index (χ2n) is 9.76. The maximum absolute atomic E-state index is 12.6. The fraction of sp³-hybridized carbons (Fsp3) is 0.267. The number of carbonyl (C=O) groups excluding carboxylic acids is 1. The first kappa shape index (κ1) is 27.1. The highest BCUT2D eigenvalue weighted by Gasteiger charge is 2.35. The van der Waals surface area contributed by atoms with Gasteiger partial charge in [-0.1, -0.05) is 23.7 Å².